The van der Waals surface area contributed by atoms with Crippen molar-refractivity contribution >= 4 is 0 Å². The van der Waals surface area contributed by atoms with E-state index in [2.05, 4.69) is 0 Å². The highest BCUT2D eigenvalue weighted by molar-refractivity contribution is 5.16. The lowest BCUT2D eigenvalue weighted by Gasteiger charge is -2.74. The summed E-state index contributed by atoms with van der Waals surface area (Å²) in [6.45, 7) is 0.388. The Morgan fingerprint density at radius 3 is 2.05 bits per heavy atom. The van der Waals surface area contributed by atoms with Gasteiger partial charge in [-0.3, -0.25) is 0 Å². The molecule has 4 rings (SSSR count). The Morgan fingerprint density at radius 1 is 0.684 bits per heavy atom. The first-order chi connectivity index (χ1) is 9.40. The third-order valence-corrected chi connectivity index (χ3v) is 7.39. The Hall–Kier alpha value is -0.0400. The zero-order chi connectivity index (χ0) is 12.8. The Labute approximate surface area is 118 Å². The lowest BCUT2D eigenvalue weighted by Crippen LogP contribution is -2.69. The zero-order valence-corrected chi connectivity index (χ0v) is 12.3. The molecule has 1 N–H and O–H groups in total. The normalized spacial score (nSPS) is 50.1. The molecule has 4 fully saturated rings. The molecule has 0 saturated heterocycles. The second-order valence-corrected chi connectivity index (χ2v) is 7.99. The van der Waals surface area contributed by atoms with Crippen molar-refractivity contribution in [3.05, 3.63) is 0 Å². The van der Waals surface area contributed by atoms with E-state index < -0.39 is 0 Å². The van der Waals surface area contributed by atoms with Gasteiger partial charge in [0.25, 0.3) is 0 Å². The van der Waals surface area contributed by atoms with E-state index in [0.717, 1.165) is 12.3 Å². The molecule has 0 heterocycles. The largest absolute Gasteiger partial charge is 0.396 e. The van der Waals surface area contributed by atoms with Crippen LogP contribution in [0.5, 0.6) is 0 Å². The fraction of sp³-hybridized carbons (Fsp3) is 1.00. The number of rotatable bonds is 6. The average molecular weight is 262 g/mol. The number of hydrogen-bond acceptors (Lipinski definition) is 1. The molecule has 0 bridgehead atoms. The van der Waals surface area contributed by atoms with Crippen LogP contribution in [0, 0.1) is 41.4 Å². The van der Waals surface area contributed by atoms with Crippen LogP contribution >= 0.6 is 0 Å². The summed E-state index contributed by atoms with van der Waals surface area (Å²) >= 11 is 0. The Balaban J connectivity index is 1.20. The van der Waals surface area contributed by atoms with Crippen LogP contribution in [-0.2, 0) is 0 Å². The summed E-state index contributed by atoms with van der Waals surface area (Å²) in [4.78, 5) is 0. The summed E-state index contributed by atoms with van der Waals surface area (Å²) in [6, 6.07) is 0. The van der Waals surface area contributed by atoms with Gasteiger partial charge < -0.3 is 5.11 Å². The van der Waals surface area contributed by atoms with Crippen molar-refractivity contribution in [1.82, 2.24) is 0 Å². The molecule has 7 atom stereocenters. The lowest BCUT2D eigenvalue weighted by atomic mass is 9.30. The molecule has 108 valence electrons. The van der Waals surface area contributed by atoms with Crippen molar-refractivity contribution < 1.29 is 5.11 Å². The maximum Gasteiger partial charge on any atom is 0.0431 e. The molecule has 0 spiro atoms. The highest BCUT2D eigenvalue weighted by Gasteiger charge is 2.68. The predicted octanol–water partition coefficient (Wildman–Crippen LogP) is 4.25. The smallest absolute Gasteiger partial charge is 0.0431 e. The van der Waals surface area contributed by atoms with Crippen LogP contribution < -0.4 is 0 Å². The number of hydrogen-bond donors (Lipinski definition) is 1. The van der Waals surface area contributed by atoms with E-state index in [-0.39, 0.29) is 0 Å². The second-order valence-electron chi connectivity index (χ2n) is 7.99. The molecule has 7 unspecified atom stereocenters. The fourth-order valence-corrected chi connectivity index (χ4v) is 6.39. The average Bonchev–Trinajstić information content (AvgIpc) is 2.40. The van der Waals surface area contributed by atoms with Gasteiger partial charge in [0.1, 0.15) is 0 Å². The van der Waals surface area contributed by atoms with Crippen molar-refractivity contribution in [2.75, 3.05) is 6.61 Å². The van der Waals surface area contributed by atoms with Crippen LogP contribution in [0.3, 0.4) is 0 Å². The van der Waals surface area contributed by atoms with Gasteiger partial charge in [-0.1, -0.05) is 32.1 Å². The summed E-state index contributed by atoms with van der Waals surface area (Å²) in [5.41, 5.74) is 0. The fourth-order valence-electron chi connectivity index (χ4n) is 6.39. The molecular weight excluding hydrogens is 232 g/mol. The van der Waals surface area contributed by atoms with Crippen molar-refractivity contribution in [1.29, 1.82) is 0 Å². The molecule has 1 nitrogen and oxygen atoms in total. The van der Waals surface area contributed by atoms with Crippen LogP contribution in [0.1, 0.15) is 64.2 Å². The second kappa shape index (κ2) is 5.06. The summed E-state index contributed by atoms with van der Waals surface area (Å²) in [5.74, 6) is 8.25. The van der Waals surface area contributed by atoms with Crippen molar-refractivity contribution in [3.8, 4) is 0 Å². The van der Waals surface area contributed by atoms with Gasteiger partial charge in [-0.15, -0.1) is 0 Å². The summed E-state index contributed by atoms with van der Waals surface area (Å²) in [5, 5.41) is 8.80. The summed E-state index contributed by atoms with van der Waals surface area (Å²) in [7, 11) is 0. The third-order valence-electron chi connectivity index (χ3n) is 7.39. The summed E-state index contributed by atoms with van der Waals surface area (Å²) in [6.07, 6.45) is 14.4. The highest BCUT2D eigenvalue weighted by atomic mass is 16.2. The van der Waals surface area contributed by atoms with E-state index in [9.17, 15) is 0 Å². The van der Waals surface area contributed by atoms with Crippen molar-refractivity contribution in [3.63, 3.8) is 0 Å². The Kier molecular flexibility index (Phi) is 3.38. The van der Waals surface area contributed by atoms with Gasteiger partial charge in [-0.25, -0.2) is 0 Å². The number of aliphatic hydroxyl groups is 1. The van der Waals surface area contributed by atoms with E-state index in [4.69, 9.17) is 5.11 Å². The molecule has 0 aromatic carbocycles. The van der Waals surface area contributed by atoms with Crippen LogP contribution in [-0.4, -0.2) is 11.7 Å². The molecule has 4 aliphatic carbocycles. The SMILES string of the molecule is OCCCCCCC1CCC2C(C1)C1C3CCC3C21. The first-order valence-electron chi connectivity index (χ1n) is 9.01. The maximum absolute atomic E-state index is 8.80. The molecule has 0 aromatic rings. The van der Waals surface area contributed by atoms with Gasteiger partial charge in [-0.05, 0) is 73.5 Å². The van der Waals surface area contributed by atoms with E-state index in [1.54, 1.807) is 32.1 Å². The molecule has 0 aliphatic heterocycles. The molecule has 0 aromatic heterocycles. The van der Waals surface area contributed by atoms with Gasteiger partial charge in [0, 0.05) is 6.61 Å². The third kappa shape index (κ3) is 1.91. The van der Waals surface area contributed by atoms with E-state index in [0.29, 0.717) is 6.61 Å². The molecule has 4 saturated carbocycles. The van der Waals surface area contributed by atoms with Gasteiger partial charge in [0.05, 0.1) is 0 Å². The Bertz CT molecular complexity index is 320. The minimum Gasteiger partial charge on any atom is -0.396 e. The van der Waals surface area contributed by atoms with Crippen LogP contribution in [0.15, 0.2) is 0 Å². The predicted molar refractivity (Wildman–Crippen MR) is 77.7 cm³/mol. The monoisotopic (exact) mass is 262 g/mol. The van der Waals surface area contributed by atoms with Crippen LogP contribution in [0.2, 0.25) is 0 Å². The maximum atomic E-state index is 8.80. The molecule has 19 heavy (non-hydrogen) atoms. The molecule has 0 radical (unpaired) electrons. The number of unbranched alkanes of at least 4 members (excludes halogenated alkanes) is 3. The van der Waals surface area contributed by atoms with E-state index in [1.807, 2.05) is 0 Å². The topological polar surface area (TPSA) is 20.2 Å². The van der Waals surface area contributed by atoms with Crippen molar-refractivity contribution in [2.24, 2.45) is 41.4 Å². The number of aliphatic hydroxyl groups excluding tert-OH is 1. The minimum absolute atomic E-state index is 0.388. The van der Waals surface area contributed by atoms with Crippen LogP contribution in [0.25, 0.3) is 0 Å². The van der Waals surface area contributed by atoms with E-state index >= 15 is 0 Å². The molecule has 0 amide bonds. The van der Waals surface area contributed by atoms with Crippen molar-refractivity contribution in [2.45, 2.75) is 64.2 Å². The first kappa shape index (κ1) is 12.7. The molecule has 4 aliphatic rings. The van der Waals surface area contributed by atoms with Gasteiger partial charge in [0.15, 0.2) is 0 Å². The van der Waals surface area contributed by atoms with Gasteiger partial charge >= 0.3 is 0 Å². The van der Waals surface area contributed by atoms with E-state index in [1.165, 1.54) is 61.2 Å². The standard InChI is InChI=1S/C18H30O/c19-10-4-2-1-3-5-12-6-7-15-16(11-12)18-14-9-8-13(14)17(15)18/h12-19H,1-11H2. The summed E-state index contributed by atoms with van der Waals surface area (Å²) < 4.78 is 0. The minimum atomic E-state index is 0.388. The zero-order valence-electron chi connectivity index (χ0n) is 12.3. The number of fused-ring (bicyclic) bond motifs is 7. The first-order valence-corrected chi connectivity index (χ1v) is 9.01. The van der Waals surface area contributed by atoms with Gasteiger partial charge in [0.2, 0.25) is 0 Å². The Morgan fingerprint density at radius 2 is 1.32 bits per heavy atom. The van der Waals surface area contributed by atoms with Crippen LogP contribution in [0.4, 0.5) is 0 Å². The quantitative estimate of drug-likeness (QED) is 0.710. The molecule has 1 heteroatoms. The molecular formula is C18H30O. The highest BCUT2D eigenvalue weighted by Crippen LogP contribution is 2.74. The lowest BCUT2D eigenvalue weighted by molar-refractivity contribution is -0.264. The van der Waals surface area contributed by atoms with Gasteiger partial charge in [-0.2, -0.15) is 0 Å².